The molecule has 3 fully saturated rings. The van der Waals surface area contributed by atoms with E-state index in [1.54, 1.807) is 5.57 Å². The molecule has 3 aliphatic rings. The Labute approximate surface area is 173 Å². The van der Waals surface area contributed by atoms with Crippen LogP contribution < -0.4 is 5.73 Å². The monoisotopic (exact) mass is 385 g/mol. The highest BCUT2D eigenvalue weighted by Crippen LogP contribution is 2.64. The molecule has 2 heteroatoms. The van der Waals surface area contributed by atoms with E-state index >= 15 is 0 Å². The van der Waals surface area contributed by atoms with E-state index < -0.39 is 0 Å². The summed E-state index contributed by atoms with van der Waals surface area (Å²) < 4.78 is 0. The lowest BCUT2D eigenvalue weighted by molar-refractivity contribution is -0.152. The van der Waals surface area contributed by atoms with Crippen molar-refractivity contribution in [3.63, 3.8) is 0 Å². The normalized spacial score (nSPS) is 42.2. The topological polar surface area (TPSA) is 43.1 Å². The maximum absolute atomic E-state index is 13.4. The summed E-state index contributed by atoms with van der Waals surface area (Å²) in [7, 11) is 0. The molecular weight excluding hydrogens is 342 g/mol. The van der Waals surface area contributed by atoms with Gasteiger partial charge < -0.3 is 5.73 Å². The third kappa shape index (κ3) is 3.66. The smallest absolute Gasteiger partial charge is 0.136 e. The molecule has 3 rings (SSSR count). The molecule has 3 aliphatic carbocycles. The van der Waals surface area contributed by atoms with Crippen molar-refractivity contribution in [2.75, 3.05) is 6.54 Å². The van der Waals surface area contributed by atoms with Crippen molar-refractivity contribution in [3.8, 4) is 0 Å². The van der Waals surface area contributed by atoms with Gasteiger partial charge in [-0.15, -0.1) is 0 Å². The molecule has 0 saturated heterocycles. The number of hydrogen-bond donors (Lipinski definition) is 1. The van der Waals surface area contributed by atoms with Gasteiger partial charge in [-0.2, -0.15) is 0 Å². The van der Waals surface area contributed by atoms with Gasteiger partial charge in [0.15, 0.2) is 0 Å². The van der Waals surface area contributed by atoms with Crippen molar-refractivity contribution in [3.05, 3.63) is 23.8 Å². The van der Waals surface area contributed by atoms with Gasteiger partial charge in [0.05, 0.1) is 0 Å². The Morgan fingerprint density at radius 3 is 2.64 bits per heavy atom. The highest BCUT2D eigenvalue weighted by atomic mass is 16.1. The lowest BCUT2D eigenvalue weighted by atomic mass is 9.43. The first-order valence-corrected chi connectivity index (χ1v) is 11.8. The fraction of sp³-hybridized carbons (Fsp3) is 0.808. The van der Waals surface area contributed by atoms with Crippen molar-refractivity contribution in [1.29, 1.82) is 0 Å². The van der Waals surface area contributed by atoms with Crippen LogP contribution in [0, 0.1) is 34.5 Å². The molecule has 0 aromatic heterocycles. The molecule has 158 valence electrons. The highest BCUT2D eigenvalue weighted by Gasteiger charge is 2.59. The lowest BCUT2D eigenvalue weighted by Crippen LogP contribution is -2.56. The van der Waals surface area contributed by atoms with Gasteiger partial charge in [-0.1, -0.05) is 51.0 Å². The summed E-state index contributed by atoms with van der Waals surface area (Å²) in [4.78, 5) is 13.4. The first-order valence-electron chi connectivity index (χ1n) is 11.8. The molecule has 0 radical (unpaired) electrons. The van der Waals surface area contributed by atoms with Crippen molar-refractivity contribution >= 4 is 5.78 Å². The second-order valence-corrected chi connectivity index (χ2v) is 10.6. The third-order valence-electron chi connectivity index (χ3n) is 9.26. The molecule has 6 unspecified atom stereocenters. The predicted molar refractivity (Wildman–Crippen MR) is 119 cm³/mol. The van der Waals surface area contributed by atoms with Crippen LogP contribution in [0.4, 0.5) is 0 Å². The Hall–Kier alpha value is -0.890. The fourth-order valence-corrected chi connectivity index (χ4v) is 7.16. The van der Waals surface area contributed by atoms with Crippen molar-refractivity contribution in [2.45, 2.75) is 91.9 Å². The Balaban J connectivity index is 1.80. The molecule has 3 saturated carbocycles. The van der Waals surface area contributed by atoms with Gasteiger partial charge in [0, 0.05) is 12.3 Å². The van der Waals surface area contributed by atoms with Crippen molar-refractivity contribution in [2.24, 2.45) is 40.2 Å². The number of carbonyl (C=O) groups is 1. The van der Waals surface area contributed by atoms with E-state index in [0.29, 0.717) is 29.0 Å². The van der Waals surface area contributed by atoms with E-state index in [4.69, 9.17) is 5.73 Å². The number of hydrogen-bond acceptors (Lipinski definition) is 2. The van der Waals surface area contributed by atoms with E-state index in [0.717, 1.165) is 38.6 Å². The van der Waals surface area contributed by atoms with Gasteiger partial charge in [0.2, 0.25) is 0 Å². The second kappa shape index (κ2) is 8.46. The molecule has 28 heavy (non-hydrogen) atoms. The summed E-state index contributed by atoms with van der Waals surface area (Å²) in [5.41, 5.74) is 9.00. The summed E-state index contributed by atoms with van der Waals surface area (Å²) in [6.07, 6.45) is 13.9. The lowest BCUT2D eigenvalue weighted by Gasteiger charge is -2.60. The minimum atomic E-state index is 0.136. The number of nitrogens with two attached hydrogens (primary N) is 1. The molecule has 0 aromatic carbocycles. The summed E-state index contributed by atoms with van der Waals surface area (Å²) in [6, 6.07) is 0. The number of carbonyl (C=O) groups excluding carboxylic acids is 1. The third-order valence-corrected chi connectivity index (χ3v) is 9.26. The number of allylic oxidation sites excluding steroid dienone is 3. The molecule has 0 aliphatic heterocycles. The van der Waals surface area contributed by atoms with E-state index in [1.807, 2.05) is 0 Å². The highest BCUT2D eigenvalue weighted by molar-refractivity contribution is 5.83. The maximum Gasteiger partial charge on any atom is 0.136 e. The summed E-state index contributed by atoms with van der Waals surface area (Å²) in [5.74, 6) is 2.44. The van der Waals surface area contributed by atoms with Crippen LogP contribution in [0.2, 0.25) is 0 Å². The minimum absolute atomic E-state index is 0.136. The molecule has 2 N–H and O–H groups in total. The number of ketones is 1. The molecule has 0 aromatic rings. The largest absolute Gasteiger partial charge is 0.330 e. The molecule has 6 atom stereocenters. The Morgan fingerprint density at radius 2 is 2.00 bits per heavy atom. The van der Waals surface area contributed by atoms with Crippen LogP contribution in [0.1, 0.15) is 91.9 Å². The number of fused-ring (bicyclic) bond motifs is 3. The number of rotatable bonds is 6. The van der Waals surface area contributed by atoms with Crippen LogP contribution in [0.25, 0.3) is 0 Å². The maximum atomic E-state index is 13.4. The fourth-order valence-electron chi connectivity index (χ4n) is 7.16. The minimum Gasteiger partial charge on any atom is -0.330 e. The predicted octanol–water partition coefficient (Wildman–Crippen LogP) is 6.46. The second-order valence-electron chi connectivity index (χ2n) is 10.6. The van der Waals surface area contributed by atoms with Crippen LogP contribution in [0.5, 0.6) is 0 Å². The molecule has 0 heterocycles. The average molecular weight is 386 g/mol. The van der Waals surface area contributed by atoms with Gasteiger partial charge in [-0.25, -0.2) is 0 Å². The quantitative estimate of drug-likeness (QED) is 0.421. The van der Waals surface area contributed by atoms with Crippen LogP contribution in [0.15, 0.2) is 23.8 Å². The van der Waals surface area contributed by atoms with Gasteiger partial charge in [0.25, 0.3) is 0 Å². The van der Waals surface area contributed by atoms with E-state index in [-0.39, 0.29) is 11.3 Å². The number of unbranched alkanes of at least 4 members (excludes halogenated alkanes) is 2. The van der Waals surface area contributed by atoms with Gasteiger partial charge in [-0.3, -0.25) is 4.79 Å². The zero-order chi connectivity index (χ0) is 20.5. The van der Waals surface area contributed by atoms with Gasteiger partial charge in [0.1, 0.15) is 5.78 Å². The summed E-state index contributed by atoms with van der Waals surface area (Å²) in [6.45, 7) is 14.5. The van der Waals surface area contributed by atoms with E-state index in [1.165, 1.54) is 37.7 Å². The molecule has 2 nitrogen and oxygen atoms in total. The van der Waals surface area contributed by atoms with Crippen LogP contribution in [0.3, 0.4) is 0 Å². The Morgan fingerprint density at radius 1 is 1.25 bits per heavy atom. The average Bonchev–Trinajstić information content (AvgIpc) is 2.66. The van der Waals surface area contributed by atoms with Crippen molar-refractivity contribution in [1.82, 2.24) is 0 Å². The van der Waals surface area contributed by atoms with Crippen LogP contribution >= 0.6 is 0 Å². The summed E-state index contributed by atoms with van der Waals surface area (Å²) >= 11 is 0. The number of Topliss-reactive ketones (excluding diaryl/α,β-unsaturated/α-hetero) is 1. The van der Waals surface area contributed by atoms with E-state index in [2.05, 4.69) is 40.3 Å². The van der Waals surface area contributed by atoms with E-state index in [9.17, 15) is 4.79 Å². The zero-order valence-corrected chi connectivity index (χ0v) is 18.9. The first kappa shape index (κ1) is 21.8. The van der Waals surface area contributed by atoms with Crippen molar-refractivity contribution < 1.29 is 4.79 Å². The Bertz CT molecular complexity index is 634. The standard InChI is InChI=1S/C26H43NO/c1-6-21-24-22(12-14-25(21,4)18(2)3)26(5)13-11-19(10-8-7-9-15-27)16-20(26)17-23(24)28/h10,20-22,24H,2,6-9,11-17,27H2,1,3-5H3/b19-10+. The zero-order valence-electron chi connectivity index (χ0n) is 18.9. The van der Waals surface area contributed by atoms with Gasteiger partial charge in [-0.05, 0) is 93.4 Å². The Kier molecular flexibility index (Phi) is 6.59. The van der Waals surface area contributed by atoms with Crippen LogP contribution in [-0.2, 0) is 4.79 Å². The first-order chi connectivity index (χ1) is 13.3. The molecule has 0 amide bonds. The molecule has 0 spiro atoms. The van der Waals surface area contributed by atoms with Gasteiger partial charge >= 0.3 is 0 Å². The SMILES string of the molecule is C=C(C)C1(C)CCC2C(C(=O)CC3C/C(=C/CCCCN)CCC32C)C1CC. The molecular formula is C26H43NO. The summed E-state index contributed by atoms with van der Waals surface area (Å²) in [5, 5.41) is 0. The van der Waals surface area contributed by atoms with Crippen LogP contribution in [-0.4, -0.2) is 12.3 Å². The molecule has 0 bridgehead atoms.